The van der Waals surface area contributed by atoms with Crippen molar-refractivity contribution >= 4 is 11.5 Å². The van der Waals surface area contributed by atoms with Gasteiger partial charge < -0.3 is 5.32 Å². The summed E-state index contributed by atoms with van der Waals surface area (Å²) in [6.45, 7) is 0. The van der Waals surface area contributed by atoms with Crippen molar-refractivity contribution < 1.29 is 0 Å². The van der Waals surface area contributed by atoms with Crippen molar-refractivity contribution in [1.29, 1.82) is 0 Å². The summed E-state index contributed by atoms with van der Waals surface area (Å²) in [7, 11) is 0. The van der Waals surface area contributed by atoms with E-state index in [0.717, 1.165) is 17.2 Å². The van der Waals surface area contributed by atoms with Crippen molar-refractivity contribution in [3.8, 4) is 11.3 Å². The molecule has 2 aromatic heterocycles. The van der Waals surface area contributed by atoms with Crippen molar-refractivity contribution in [3.05, 3.63) is 48.9 Å². The van der Waals surface area contributed by atoms with Crippen LogP contribution in [0.1, 0.15) is 12.8 Å². The third-order valence-corrected chi connectivity index (χ3v) is 3.42. The summed E-state index contributed by atoms with van der Waals surface area (Å²) in [6.07, 6.45) is 8.16. The molecule has 0 saturated heterocycles. The van der Waals surface area contributed by atoms with Crippen LogP contribution in [-0.4, -0.2) is 20.4 Å². The fourth-order valence-electron chi connectivity index (χ4n) is 2.26. The Morgan fingerprint density at radius 1 is 1.11 bits per heavy atom. The molecule has 0 amide bonds. The summed E-state index contributed by atoms with van der Waals surface area (Å²) in [4.78, 5) is 8.91. The molecule has 0 bridgehead atoms. The summed E-state index contributed by atoms with van der Waals surface area (Å²) >= 11 is 0. The van der Waals surface area contributed by atoms with Crippen LogP contribution in [0.5, 0.6) is 0 Å². The molecule has 0 aliphatic heterocycles. The van der Waals surface area contributed by atoms with Crippen LogP contribution in [0, 0.1) is 0 Å². The van der Waals surface area contributed by atoms with Gasteiger partial charge in [-0.3, -0.25) is 4.40 Å². The minimum absolute atomic E-state index is 0.579. The van der Waals surface area contributed by atoms with Gasteiger partial charge in [0.15, 0.2) is 11.5 Å². The van der Waals surface area contributed by atoms with Gasteiger partial charge >= 0.3 is 0 Å². The van der Waals surface area contributed by atoms with E-state index in [2.05, 4.69) is 31.8 Å². The van der Waals surface area contributed by atoms with Crippen LogP contribution >= 0.6 is 0 Å². The Labute approximate surface area is 111 Å². The molecule has 19 heavy (non-hydrogen) atoms. The molecule has 0 radical (unpaired) electrons. The minimum atomic E-state index is 0.579. The first-order valence-electron chi connectivity index (χ1n) is 6.56. The molecule has 4 nitrogen and oxygen atoms in total. The fraction of sp³-hybridized carbons (Fsp3) is 0.200. The first kappa shape index (κ1) is 10.6. The van der Waals surface area contributed by atoms with Gasteiger partial charge in [-0.05, 0) is 12.8 Å². The molecule has 1 fully saturated rings. The van der Waals surface area contributed by atoms with E-state index in [1.807, 2.05) is 36.8 Å². The molecule has 0 atom stereocenters. The molecular formula is C15H14N4. The monoisotopic (exact) mass is 250 g/mol. The quantitative estimate of drug-likeness (QED) is 0.777. The van der Waals surface area contributed by atoms with Crippen LogP contribution in [0.2, 0.25) is 0 Å². The second kappa shape index (κ2) is 4.09. The number of aromatic nitrogens is 3. The number of imidazole rings is 1. The molecule has 0 spiro atoms. The highest BCUT2D eigenvalue weighted by atomic mass is 15.1. The van der Waals surface area contributed by atoms with Crippen molar-refractivity contribution in [1.82, 2.24) is 14.4 Å². The number of hydrogen-bond donors (Lipinski definition) is 1. The molecule has 1 N–H and O–H groups in total. The highest BCUT2D eigenvalue weighted by molar-refractivity contribution is 5.70. The standard InChI is InChI=1S/C15H14N4/c1-2-4-11(5-3-1)13-10-17-15-14(18-12-6-7-12)16-8-9-19(13)15/h1-5,8-10,12H,6-7H2,(H,16,18). The average molecular weight is 250 g/mol. The van der Waals surface area contributed by atoms with Gasteiger partial charge in [0, 0.05) is 24.0 Å². The van der Waals surface area contributed by atoms with Gasteiger partial charge in [0.2, 0.25) is 0 Å². The van der Waals surface area contributed by atoms with Crippen LogP contribution < -0.4 is 5.32 Å². The second-order valence-corrected chi connectivity index (χ2v) is 4.90. The van der Waals surface area contributed by atoms with E-state index >= 15 is 0 Å². The number of anilines is 1. The fourth-order valence-corrected chi connectivity index (χ4v) is 2.26. The van der Waals surface area contributed by atoms with Crippen molar-refractivity contribution in [2.24, 2.45) is 0 Å². The molecule has 0 unspecified atom stereocenters. The smallest absolute Gasteiger partial charge is 0.180 e. The molecule has 1 aliphatic rings. The van der Waals surface area contributed by atoms with E-state index in [0.29, 0.717) is 6.04 Å². The topological polar surface area (TPSA) is 42.2 Å². The Kier molecular flexibility index (Phi) is 2.27. The number of benzene rings is 1. The molecule has 94 valence electrons. The lowest BCUT2D eigenvalue weighted by molar-refractivity contribution is 1.07. The Morgan fingerprint density at radius 3 is 2.74 bits per heavy atom. The molecular weight excluding hydrogens is 236 g/mol. The second-order valence-electron chi connectivity index (χ2n) is 4.90. The number of rotatable bonds is 3. The lowest BCUT2D eigenvalue weighted by Gasteiger charge is -2.06. The Balaban J connectivity index is 1.85. The Morgan fingerprint density at radius 2 is 1.95 bits per heavy atom. The predicted molar refractivity (Wildman–Crippen MR) is 75.1 cm³/mol. The minimum Gasteiger partial charge on any atom is -0.364 e. The lowest BCUT2D eigenvalue weighted by Crippen LogP contribution is -2.05. The number of fused-ring (bicyclic) bond motifs is 1. The van der Waals surface area contributed by atoms with Crippen LogP contribution in [0.15, 0.2) is 48.9 Å². The summed E-state index contributed by atoms with van der Waals surface area (Å²) in [5.74, 6) is 0.882. The first-order valence-corrected chi connectivity index (χ1v) is 6.56. The maximum absolute atomic E-state index is 4.51. The van der Waals surface area contributed by atoms with Crippen LogP contribution in [0.4, 0.5) is 5.82 Å². The summed E-state index contributed by atoms with van der Waals surface area (Å²) in [6, 6.07) is 10.9. The number of nitrogens with one attached hydrogen (secondary N) is 1. The van der Waals surface area contributed by atoms with Gasteiger partial charge in [-0.15, -0.1) is 0 Å². The largest absolute Gasteiger partial charge is 0.364 e. The van der Waals surface area contributed by atoms with Crippen molar-refractivity contribution in [2.75, 3.05) is 5.32 Å². The van der Waals surface area contributed by atoms with E-state index in [1.54, 1.807) is 0 Å². The van der Waals surface area contributed by atoms with Gasteiger partial charge in [0.25, 0.3) is 0 Å². The molecule has 3 aromatic rings. The highest BCUT2D eigenvalue weighted by Gasteiger charge is 2.22. The van der Waals surface area contributed by atoms with Gasteiger partial charge in [-0.25, -0.2) is 9.97 Å². The zero-order chi connectivity index (χ0) is 12.7. The van der Waals surface area contributed by atoms with Gasteiger partial charge in [0.05, 0.1) is 11.9 Å². The molecule has 4 rings (SSSR count). The number of hydrogen-bond acceptors (Lipinski definition) is 3. The number of nitrogens with zero attached hydrogens (tertiary/aromatic N) is 3. The van der Waals surface area contributed by atoms with E-state index < -0.39 is 0 Å². The zero-order valence-electron chi connectivity index (χ0n) is 10.5. The molecule has 1 aromatic carbocycles. The summed E-state index contributed by atoms with van der Waals surface area (Å²) in [5.41, 5.74) is 3.16. The third kappa shape index (κ3) is 1.85. The van der Waals surface area contributed by atoms with Gasteiger partial charge in [-0.1, -0.05) is 30.3 Å². The molecule has 2 heterocycles. The van der Waals surface area contributed by atoms with Gasteiger partial charge in [-0.2, -0.15) is 0 Å². The first-order chi connectivity index (χ1) is 9.42. The lowest BCUT2D eigenvalue weighted by atomic mass is 10.2. The van der Waals surface area contributed by atoms with Crippen molar-refractivity contribution in [3.63, 3.8) is 0 Å². The van der Waals surface area contributed by atoms with Gasteiger partial charge in [0.1, 0.15) is 0 Å². The van der Waals surface area contributed by atoms with E-state index in [4.69, 9.17) is 0 Å². The average Bonchev–Trinajstić information content (AvgIpc) is 3.16. The Hall–Kier alpha value is -2.36. The van der Waals surface area contributed by atoms with Crippen LogP contribution in [-0.2, 0) is 0 Å². The predicted octanol–water partition coefficient (Wildman–Crippen LogP) is 2.97. The third-order valence-electron chi connectivity index (χ3n) is 3.42. The van der Waals surface area contributed by atoms with E-state index in [9.17, 15) is 0 Å². The van der Waals surface area contributed by atoms with E-state index in [-0.39, 0.29) is 0 Å². The Bertz CT molecular complexity index is 713. The highest BCUT2D eigenvalue weighted by Crippen LogP contribution is 2.27. The van der Waals surface area contributed by atoms with Crippen LogP contribution in [0.3, 0.4) is 0 Å². The van der Waals surface area contributed by atoms with E-state index in [1.165, 1.54) is 18.4 Å². The molecule has 1 aliphatic carbocycles. The maximum atomic E-state index is 4.51. The molecule has 1 saturated carbocycles. The van der Waals surface area contributed by atoms with Crippen molar-refractivity contribution in [2.45, 2.75) is 18.9 Å². The van der Waals surface area contributed by atoms with Crippen LogP contribution in [0.25, 0.3) is 16.9 Å². The maximum Gasteiger partial charge on any atom is 0.180 e. The summed E-state index contributed by atoms with van der Waals surface area (Å²) < 4.78 is 2.09. The summed E-state index contributed by atoms with van der Waals surface area (Å²) in [5, 5.41) is 3.43. The zero-order valence-corrected chi connectivity index (χ0v) is 10.5. The normalized spacial score (nSPS) is 14.7. The molecule has 4 heteroatoms. The SMILES string of the molecule is c1ccc(-c2cnc3c(NC4CC4)nccn23)cc1.